The maximum absolute atomic E-state index is 13.6. The molecular formula is C30H31Cl2FN4O3. The third-order valence-corrected chi connectivity index (χ3v) is 7.25. The number of ether oxygens (including phenoxy) is 1. The van der Waals surface area contributed by atoms with Gasteiger partial charge in [0.25, 0.3) is 5.91 Å². The van der Waals surface area contributed by atoms with E-state index in [2.05, 4.69) is 10.6 Å². The number of nitrogens with one attached hydrogen (secondary N) is 2. The number of hydrogen-bond acceptors (Lipinski definition) is 4. The number of imidazole rings is 1. The van der Waals surface area contributed by atoms with Gasteiger partial charge in [-0.25, -0.2) is 9.37 Å². The zero-order chi connectivity index (χ0) is 29.2. The van der Waals surface area contributed by atoms with Crippen LogP contribution in [0.3, 0.4) is 0 Å². The molecule has 1 heterocycles. The highest BCUT2D eigenvalue weighted by atomic mass is 35.5. The number of benzene rings is 3. The second-order valence-electron chi connectivity index (χ2n) is 10.4. The molecule has 0 bridgehead atoms. The first-order chi connectivity index (χ1) is 18.9. The second kappa shape index (κ2) is 11.9. The van der Waals surface area contributed by atoms with Gasteiger partial charge in [-0.05, 0) is 48.4 Å². The Balaban J connectivity index is 1.66. The van der Waals surface area contributed by atoms with Crippen molar-refractivity contribution in [1.82, 2.24) is 14.9 Å². The minimum atomic E-state index is -0.526. The minimum Gasteiger partial charge on any atom is -0.493 e. The first-order valence-corrected chi connectivity index (χ1v) is 13.6. The molecule has 0 fully saturated rings. The maximum Gasteiger partial charge on any atom is 0.259 e. The number of carbonyl (C=O) groups excluding carboxylic acids is 2. The maximum atomic E-state index is 13.6. The van der Waals surface area contributed by atoms with Crippen molar-refractivity contribution >= 4 is 51.7 Å². The van der Waals surface area contributed by atoms with Crippen LogP contribution in [0.5, 0.6) is 5.75 Å². The molecule has 1 aromatic heterocycles. The number of nitrogens with zero attached hydrogens (tertiary/aromatic N) is 2. The van der Waals surface area contributed by atoms with Crippen LogP contribution < -0.4 is 15.4 Å². The van der Waals surface area contributed by atoms with Crippen molar-refractivity contribution in [3.63, 3.8) is 0 Å². The van der Waals surface area contributed by atoms with E-state index in [9.17, 15) is 14.0 Å². The van der Waals surface area contributed by atoms with Crippen LogP contribution in [0.4, 0.5) is 10.1 Å². The summed E-state index contributed by atoms with van der Waals surface area (Å²) in [6, 6.07) is 12.6. The van der Waals surface area contributed by atoms with E-state index >= 15 is 0 Å². The van der Waals surface area contributed by atoms with Crippen molar-refractivity contribution < 1.29 is 18.7 Å². The van der Waals surface area contributed by atoms with Gasteiger partial charge in [0.2, 0.25) is 5.91 Å². The van der Waals surface area contributed by atoms with E-state index < -0.39 is 17.1 Å². The van der Waals surface area contributed by atoms with Gasteiger partial charge in [0.1, 0.15) is 17.4 Å². The average molecular weight is 586 g/mol. The van der Waals surface area contributed by atoms with Crippen molar-refractivity contribution in [2.24, 2.45) is 12.5 Å². The predicted octanol–water partition coefficient (Wildman–Crippen LogP) is 6.92. The van der Waals surface area contributed by atoms with Crippen LogP contribution in [0.1, 0.15) is 55.0 Å². The fraction of sp³-hybridized carbons (Fsp3) is 0.300. The molecule has 0 atom stereocenters. The van der Waals surface area contributed by atoms with E-state index in [-0.39, 0.29) is 18.0 Å². The SMILES string of the molecule is CCOc1cc2c(cc1C(=O)Nc1cccc(F)c1)nc(Cc1c(Cl)ccc(CNC(=O)C(C)(C)C)c1Cl)n2C. The number of anilines is 1. The standard InChI is InChI=1S/C30H31Cl2FN4O3/c1-6-40-25-15-24-23(13-21(25)28(38)35-19-9-7-8-18(33)12-19)36-26(37(24)5)14-20-22(31)11-10-17(27(20)32)16-34-29(39)30(2,3)4/h7-13,15H,6,14,16H2,1-5H3,(H,34,39)(H,35,38). The molecule has 0 aliphatic heterocycles. The van der Waals surface area contributed by atoms with Crippen LogP contribution in [0, 0.1) is 11.2 Å². The molecule has 0 aliphatic rings. The molecule has 2 N–H and O–H groups in total. The lowest BCUT2D eigenvalue weighted by molar-refractivity contribution is -0.128. The summed E-state index contributed by atoms with van der Waals surface area (Å²) in [6.07, 6.45) is 0.318. The monoisotopic (exact) mass is 584 g/mol. The Morgan fingerprint density at radius 1 is 1.10 bits per heavy atom. The molecule has 3 aromatic carbocycles. The number of rotatable bonds is 8. The zero-order valence-corrected chi connectivity index (χ0v) is 24.5. The Labute approximate surface area is 242 Å². The number of halogens is 3. The van der Waals surface area contributed by atoms with Gasteiger partial charge in [0.15, 0.2) is 0 Å². The van der Waals surface area contributed by atoms with Gasteiger partial charge < -0.3 is 19.9 Å². The van der Waals surface area contributed by atoms with Gasteiger partial charge in [0.05, 0.1) is 28.2 Å². The molecule has 210 valence electrons. The minimum absolute atomic E-state index is 0.0854. The Morgan fingerprint density at radius 3 is 2.52 bits per heavy atom. The Kier molecular flexibility index (Phi) is 8.71. The van der Waals surface area contributed by atoms with Crippen LogP contribution in [-0.4, -0.2) is 28.0 Å². The lowest BCUT2D eigenvalue weighted by Crippen LogP contribution is -2.34. The van der Waals surface area contributed by atoms with E-state index in [1.54, 1.807) is 30.3 Å². The van der Waals surface area contributed by atoms with Crippen molar-refractivity contribution in [3.8, 4) is 5.75 Å². The molecule has 0 unspecified atom stereocenters. The van der Waals surface area contributed by atoms with E-state index in [0.717, 1.165) is 11.1 Å². The summed E-state index contributed by atoms with van der Waals surface area (Å²) in [4.78, 5) is 30.3. The highest BCUT2D eigenvalue weighted by Gasteiger charge is 2.23. The molecule has 10 heteroatoms. The molecule has 0 saturated heterocycles. The number of amides is 2. The molecule has 0 aliphatic carbocycles. The van der Waals surface area contributed by atoms with Crippen LogP contribution in [0.15, 0.2) is 48.5 Å². The third kappa shape index (κ3) is 6.40. The van der Waals surface area contributed by atoms with Gasteiger partial charge in [-0.15, -0.1) is 0 Å². The smallest absolute Gasteiger partial charge is 0.259 e. The number of hydrogen-bond donors (Lipinski definition) is 2. The third-order valence-electron chi connectivity index (χ3n) is 6.42. The Bertz CT molecular complexity index is 1590. The fourth-order valence-electron chi connectivity index (χ4n) is 4.19. The molecule has 2 amide bonds. The summed E-state index contributed by atoms with van der Waals surface area (Å²) in [6.45, 7) is 7.97. The van der Waals surface area contributed by atoms with Crippen molar-refractivity contribution in [1.29, 1.82) is 0 Å². The fourth-order valence-corrected chi connectivity index (χ4v) is 4.76. The number of aryl methyl sites for hydroxylation is 1. The van der Waals surface area contributed by atoms with Crippen LogP contribution in [0.2, 0.25) is 10.0 Å². The molecule has 7 nitrogen and oxygen atoms in total. The summed E-state index contributed by atoms with van der Waals surface area (Å²) in [5, 5.41) is 6.57. The van der Waals surface area contributed by atoms with Crippen molar-refractivity contribution in [2.45, 2.75) is 40.7 Å². The first kappa shape index (κ1) is 29.4. The molecule has 4 rings (SSSR count). The summed E-state index contributed by atoms with van der Waals surface area (Å²) in [5.74, 6) is 0.0635. The van der Waals surface area contributed by atoms with Crippen molar-refractivity contribution in [2.75, 3.05) is 11.9 Å². The predicted molar refractivity (Wildman–Crippen MR) is 157 cm³/mol. The Morgan fingerprint density at radius 2 is 1.85 bits per heavy atom. The molecular weight excluding hydrogens is 554 g/mol. The average Bonchev–Trinajstić information content (AvgIpc) is 3.19. The molecule has 40 heavy (non-hydrogen) atoms. The van der Waals surface area contributed by atoms with Crippen molar-refractivity contribution in [3.05, 3.63) is 86.9 Å². The topological polar surface area (TPSA) is 85.2 Å². The summed E-state index contributed by atoms with van der Waals surface area (Å²) < 4.78 is 21.3. The van der Waals surface area contributed by atoms with Gasteiger partial charge in [-0.3, -0.25) is 9.59 Å². The van der Waals surface area contributed by atoms with E-state index in [4.69, 9.17) is 32.9 Å². The van der Waals surface area contributed by atoms with E-state index in [1.807, 2.05) is 39.3 Å². The zero-order valence-electron chi connectivity index (χ0n) is 23.0. The highest BCUT2D eigenvalue weighted by Crippen LogP contribution is 2.33. The highest BCUT2D eigenvalue weighted by molar-refractivity contribution is 6.36. The summed E-state index contributed by atoms with van der Waals surface area (Å²) >= 11 is 13.3. The van der Waals surface area contributed by atoms with Gasteiger partial charge in [0, 0.05) is 42.2 Å². The normalized spacial score (nSPS) is 11.5. The van der Waals surface area contributed by atoms with Crippen LogP contribution in [-0.2, 0) is 24.8 Å². The van der Waals surface area contributed by atoms with E-state index in [1.165, 1.54) is 18.2 Å². The Hall–Kier alpha value is -3.62. The van der Waals surface area contributed by atoms with Gasteiger partial charge >= 0.3 is 0 Å². The van der Waals surface area contributed by atoms with E-state index in [0.29, 0.717) is 51.4 Å². The summed E-state index contributed by atoms with van der Waals surface area (Å²) in [5.41, 5.74) is 2.83. The molecule has 4 aromatic rings. The van der Waals surface area contributed by atoms with Crippen LogP contribution in [0.25, 0.3) is 11.0 Å². The molecule has 0 radical (unpaired) electrons. The quantitative estimate of drug-likeness (QED) is 0.235. The number of fused-ring (bicyclic) bond motifs is 1. The second-order valence-corrected chi connectivity index (χ2v) is 11.2. The number of carbonyl (C=O) groups is 2. The van der Waals surface area contributed by atoms with Gasteiger partial charge in [-0.2, -0.15) is 0 Å². The van der Waals surface area contributed by atoms with Gasteiger partial charge in [-0.1, -0.05) is 56.1 Å². The molecule has 0 saturated carbocycles. The lowest BCUT2D eigenvalue weighted by Gasteiger charge is -2.18. The first-order valence-electron chi connectivity index (χ1n) is 12.8. The summed E-state index contributed by atoms with van der Waals surface area (Å²) in [7, 11) is 1.86. The van der Waals surface area contributed by atoms with Crippen LogP contribution >= 0.6 is 23.2 Å². The number of aromatic nitrogens is 2. The lowest BCUT2D eigenvalue weighted by atomic mass is 9.95. The molecule has 0 spiro atoms. The largest absolute Gasteiger partial charge is 0.493 e.